The van der Waals surface area contributed by atoms with Gasteiger partial charge in [0.15, 0.2) is 0 Å². The topological polar surface area (TPSA) is 86.0 Å². The van der Waals surface area contributed by atoms with E-state index in [9.17, 15) is 18.0 Å². The lowest BCUT2D eigenvalue weighted by molar-refractivity contribution is -0.144. The molecule has 2 N–H and O–H groups in total. The van der Waals surface area contributed by atoms with Crippen LogP contribution < -0.4 is 15.4 Å². The number of carbonyl (C=O) groups excluding carboxylic acids is 1. The van der Waals surface area contributed by atoms with Crippen molar-refractivity contribution in [3.05, 3.63) is 23.1 Å². The summed E-state index contributed by atoms with van der Waals surface area (Å²) in [6.07, 6.45) is -4.47. The van der Waals surface area contributed by atoms with Crippen LogP contribution >= 0.6 is 0 Å². The van der Waals surface area contributed by atoms with Crippen LogP contribution in [0.4, 0.5) is 23.7 Å². The zero-order valence-corrected chi connectivity index (χ0v) is 15.8. The van der Waals surface area contributed by atoms with Crippen molar-refractivity contribution in [2.45, 2.75) is 33.5 Å². The van der Waals surface area contributed by atoms with E-state index in [0.717, 1.165) is 10.7 Å². The lowest BCUT2D eigenvalue weighted by Crippen LogP contribution is -2.34. The van der Waals surface area contributed by atoms with E-state index < -0.39 is 17.9 Å². The van der Waals surface area contributed by atoms with Gasteiger partial charge in [-0.3, -0.25) is 9.36 Å². The van der Waals surface area contributed by atoms with Crippen molar-refractivity contribution < 1.29 is 22.7 Å². The number of urea groups is 1. The van der Waals surface area contributed by atoms with Gasteiger partial charge in [-0.2, -0.15) is 18.3 Å². The van der Waals surface area contributed by atoms with Crippen molar-refractivity contribution in [1.82, 2.24) is 24.9 Å². The summed E-state index contributed by atoms with van der Waals surface area (Å²) < 4.78 is 46.7. The fourth-order valence-corrected chi connectivity index (χ4v) is 2.56. The first-order chi connectivity index (χ1) is 12.5. The summed E-state index contributed by atoms with van der Waals surface area (Å²) in [4.78, 5) is 12.1. The second-order valence-corrected chi connectivity index (χ2v) is 6.38. The molecule has 1 atom stereocenters. The number of amides is 2. The van der Waals surface area contributed by atoms with Gasteiger partial charge in [-0.1, -0.05) is 6.92 Å². The van der Waals surface area contributed by atoms with Crippen molar-refractivity contribution >= 4 is 11.7 Å². The average molecular weight is 388 g/mol. The molecule has 0 saturated heterocycles. The molecule has 0 aromatic carbocycles. The van der Waals surface area contributed by atoms with Gasteiger partial charge in [0.05, 0.1) is 18.5 Å². The normalized spacial score (nSPS) is 12.7. The minimum absolute atomic E-state index is 0.0260. The van der Waals surface area contributed by atoms with Gasteiger partial charge >= 0.3 is 12.2 Å². The predicted octanol–water partition coefficient (Wildman–Crippen LogP) is 2.72. The Kier molecular flexibility index (Phi) is 6.01. The van der Waals surface area contributed by atoms with E-state index in [1.54, 1.807) is 25.6 Å². The molecule has 2 rings (SSSR count). The van der Waals surface area contributed by atoms with E-state index in [1.807, 2.05) is 0 Å². The molecule has 0 bridgehead atoms. The Bertz CT molecular complexity index is 812. The van der Waals surface area contributed by atoms with E-state index in [4.69, 9.17) is 4.74 Å². The number of nitrogens with zero attached hydrogens (tertiary/aromatic N) is 4. The summed E-state index contributed by atoms with van der Waals surface area (Å²) in [7, 11) is 3.16. The van der Waals surface area contributed by atoms with E-state index in [1.165, 1.54) is 14.0 Å². The van der Waals surface area contributed by atoms with Crippen molar-refractivity contribution in [3.8, 4) is 5.88 Å². The van der Waals surface area contributed by atoms with E-state index >= 15 is 0 Å². The number of anilines is 1. The molecule has 0 saturated carbocycles. The monoisotopic (exact) mass is 388 g/mol. The summed E-state index contributed by atoms with van der Waals surface area (Å²) in [6, 6.07) is 0.508. The Morgan fingerprint density at radius 2 is 2.00 bits per heavy atom. The van der Waals surface area contributed by atoms with Gasteiger partial charge in [-0.05, 0) is 25.8 Å². The molecule has 0 fully saturated rings. The maximum absolute atomic E-state index is 13.0. The molecular formula is C16H23F3N6O2. The summed E-state index contributed by atoms with van der Waals surface area (Å²) in [5.74, 6) is 0.00748. The van der Waals surface area contributed by atoms with Crippen molar-refractivity contribution in [3.63, 3.8) is 0 Å². The van der Waals surface area contributed by atoms with Crippen LogP contribution in [0.5, 0.6) is 5.88 Å². The zero-order chi connectivity index (χ0) is 20.4. The molecule has 11 heteroatoms. The predicted molar refractivity (Wildman–Crippen MR) is 92.6 cm³/mol. The first-order valence-corrected chi connectivity index (χ1v) is 8.27. The summed E-state index contributed by atoms with van der Waals surface area (Å²) in [6.45, 7) is 5.20. The number of hydrogen-bond donors (Lipinski definition) is 2. The van der Waals surface area contributed by atoms with Crippen LogP contribution in [0.1, 0.15) is 24.0 Å². The number of rotatable bonds is 6. The minimum Gasteiger partial charge on any atom is -0.478 e. The first-order valence-electron chi connectivity index (χ1n) is 8.27. The molecule has 0 aliphatic rings. The van der Waals surface area contributed by atoms with Crippen LogP contribution in [0.3, 0.4) is 0 Å². The highest BCUT2D eigenvalue weighted by molar-refractivity contribution is 5.91. The smallest absolute Gasteiger partial charge is 0.433 e. The average Bonchev–Trinajstić information content (AvgIpc) is 3.07. The molecule has 2 amide bonds. The van der Waals surface area contributed by atoms with Crippen LogP contribution in [-0.4, -0.2) is 39.2 Å². The number of nitrogens with one attached hydrogen (secondary N) is 2. The Morgan fingerprint density at radius 1 is 1.33 bits per heavy atom. The fraction of sp³-hybridized carbons (Fsp3) is 0.562. The van der Waals surface area contributed by atoms with Gasteiger partial charge in [0.2, 0.25) is 0 Å². The molecule has 2 aromatic heterocycles. The van der Waals surface area contributed by atoms with Gasteiger partial charge in [0.25, 0.3) is 5.88 Å². The Labute approximate surface area is 154 Å². The number of aryl methyl sites for hydroxylation is 2. The van der Waals surface area contributed by atoms with E-state index in [0.29, 0.717) is 17.1 Å². The summed E-state index contributed by atoms with van der Waals surface area (Å²) in [5.41, 5.74) is 0.635. The molecule has 0 spiro atoms. The largest absolute Gasteiger partial charge is 0.478 e. The van der Waals surface area contributed by atoms with Crippen LogP contribution in [0.25, 0.3) is 0 Å². The lowest BCUT2D eigenvalue weighted by atomic mass is 10.2. The number of halogens is 3. The molecular weight excluding hydrogens is 365 g/mol. The lowest BCUT2D eigenvalue weighted by Gasteiger charge is -2.16. The SMILES string of the molecule is COc1nn(C)c(C)c1NC(=O)NC[C@H](C)Cn1nc(C)cc1C(F)(F)F. The Morgan fingerprint density at radius 3 is 2.59 bits per heavy atom. The Balaban J connectivity index is 1.95. The molecule has 2 heterocycles. The van der Waals surface area contributed by atoms with Crippen LogP contribution in [-0.2, 0) is 19.8 Å². The third-order valence-corrected chi connectivity index (χ3v) is 4.02. The molecule has 0 unspecified atom stereocenters. The van der Waals surface area contributed by atoms with Gasteiger partial charge in [0, 0.05) is 20.1 Å². The van der Waals surface area contributed by atoms with Crippen molar-refractivity contribution in [1.29, 1.82) is 0 Å². The Hall–Kier alpha value is -2.72. The van der Waals surface area contributed by atoms with E-state index in [2.05, 4.69) is 20.8 Å². The fourth-order valence-electron chi connectivity index (χ4n) is 2.56. The molecule has 27 heavy (non-hydrogen) atoms. The highest BCUT2D eigenvalue weighted by Crippen LogP contribution is 2.30. The van der Waals surface area contributed by atoms with E-state index in [-0.39, 0.29) is 24.9 Å². The molecule has 8 nitrogen and oxygen atoms in total. The number of aromatic nitrogens is 4. The third kappa shape index (κ3) is 4.92. The number of ether oxygens (including phenoxy) is 1. The first kappa shape index (κ1) is 20.6. The van der Waals surface area contributed by atoms with Crippen LogP contribution in [0.2, 0.25) is 0 Å². The standard InChI is InChI=1S/C16H23F3N6O2/c1-9(8-25-12(16(17,18)19)6-10(2)22-25)7-20-15(26)21-13-11(3)24(4)23-14(13)27-5/h6,9H,7-8H2,1-5H3,(H2,20,21,26)/t9-/m0/s1. The molecule has 150 valence electrons. The summed E-state index contributed by atoms with van der Waals surface area (Å²) in [5, 5.41) is 13.3. The molecule has 0 radical (unpaired) electrons. The number of methoxy groups -OCH3 is 1. The van der Waals surface area contributed by atoms with Gasteiger partial charge in [-0.15, -0.1) is 5.10 Å². The second-order valence-electron chi connectivity index (χ2n) is 6.38. The van der Waals surface area contributed by atoms with Gasteiger partial charge in [-0.25, -0.2) is 4.79 Å². The van der Waals surface area contributed by atoms with Gasteiger partial charge in [0.1, 0.15) is 11.4 Å². The third-order valence-electron chi connectivity index (χ3n) is 4.02. The molecule has 0 aliphatic heterocycles. The highest BCUT2D eigenvalue weighted by Gasteiger charge is 2.35. The summed E-state index contributed by atoms with van der Waals surface area (Å²) >= 11 is 0. The molecule has 0 aliphatic carbocycles. The van der Waals surface area contributed by atoms with Crippen LogP contribution in [0, 0.1) is 19.8 Å². The minimum atomic E-state index is -4.47. The number of carbonyl (C=O) groups is 1. The maximum atomic E-state index is 13.0. The zero-order valence-electron chi connectivity index (χ0n) is 15.8. The highest BCUT2D eigenvalue weighted by atomic mass is 19.4. The molecule has 2 aromatic rings. The van der Waals surface area contributed by atoms with Crippen molar-refractivity contribution in [2.24, 2.45) is 13.0 Å². The maximum Gasteiger partial charge on any atom is 0.433 e. The van der Waals surface area contributed by atoms with Gasteiger partial charge < -0.3 is 15.4 Å². The number of alkyl halides is 3. The quantitative estimate of drug-likeness (QED) is 0.797. The number of hydrogen-bond acceptors (Lipinski definition) is 4. The second kappa shape index (κ2) is 7.89. The van der Waals surface area contributed by atoms with Crippen molar-refractivity contribution in [2.75, 3.05) is 19.0 Å². The van der Waals surface area contributed by atoms with Crippen LogP contribution in [0.15, 0.2) is 6.07 Å².